The SMILES string of the molecule is C#C[C@](C=O)(CO[Si](C)(C)C(C)(C)C)NC(=O)C(C)Br. The van der Waals surface area contributed by atoms with Gasteiger partial charge in [-0.05, 0) is 25.1 Å². The van der Waals surface area contributed by atoms with E-state index in [4.69, 9.17) is 10.8 Å². The minimum Gasteiger partial charge on any atom is -0.413 e. The lowest BCUT2D eigenvalue weighted by molar-refractivity contribution is -0.125. The van der Waals surface area contributed by atoms with E-state index < -0.39 is 18.7 Å². The van der Waals surface area contributed by atoms with Crippen molar-refractivity contribution in [3.63, 3.8) is 0 Å². The predicted octanol–water partition coefficient (Wildman–Crippen LogP) is 2.48. The first-order valence-electron chi connectivity index (χ1n) is 6.45. The number of amides is 1. The first-order chi connectivity index (χ1) is 8.91. The second-order valence-electron chi connectivity index (χ2n) is 6.39. The van der Waals surface area contributed by atoms with Gasteiger partial charge < -0.3 is 9.74 Å². The summed E-state index contributed by atoms with van der Waals surface area (Å²) < 4.78 is 5.96. The van der Waals surface area contributed by atoms with E-state index in [0.717, 1.165) is 0 Å². The summed E-state index contributed by atoms with van der Waals surface area (Å²) in [6.07, 6.45) is 5.99. The average Bonchev–Trinajstić information content (AvgIpc) is 2.33. The standard InChI is InChI=1S/C14H24BrNO3Si/c1-8-14(9-17,16-12(18)11(2)15)10-19-20(6,7)13(3,4)5/h1,9,11H,10H2,2-7H3,(H,16,18)/t11?,14-/m0/s1. The molecule has 0 aliphatic rings. The lowest BCUT2D eigenvalue weighted by atomic mass is 10.0. The Balaban J connectivity index is 5.02. The van der Waals surface area contributed by atoms with Crippen LogP contribution in [-0.4, -0.2) is 37.5 Å². The lowest BCUT2D eigenvalue weighted by Crippen LogP contribution is -2.56. The summed E-state index contributed by atoms with van der Waals surface area (Å²) in [5.41, 5.74) is -1.41. The molecule has 0 radical (unpaired) electrons. The van der Waals surface area contributed by atoms with Gasteiger partial charge >= 0.3 is 0 Å². The molecule has 1 amide bonds. The van der Waals surface area contributed by atoms with Crippen LogP contribution < -0.4 is 5.32 Å². The second-order valence-corrected chi connectivity index (χ2v) is 12.6. The number of hydrogen-bond donors (Lipinski definition) is 1. The number of alkyl halides is 1. The van der Waals surface area contributed by atoms with Gasteiger partial charge in [-0.3, -0.25) is 9.59 Å². The van der Waals surface area contributed by atoms with Gasteiger partial charge in [0.2, 0.25) is 5.91 Å². The molecule has 0 bridgehead atoms. The zero-order valence-corrected chi connectivity index (χ0v) is 15.6. The fourth-order valence-electron chi connectivity index (χ4n) is 1.04. The minimum atomic E-state index is -2.04. The predicted molar refractivity (Wildman–Crippen MR) is 87.3 cm³/mol. The zero-order chi connectivity index (χ0) is 16.2. The number of halogens is 1. The number of hydrogen-bond acceptors (Lipinski definition) is 3. The van der Waals surface area contributed by atoms with E-state index in [1.807, 2.05) is 0 Å². The first kappa shape index (κ1) is 19.4. The molecule has 0 heterocycles. The normalized spacial score (nSPS) is 16.7. The van der Waals surface area contributed by atoms with Crippen molar-refractivity contribution in [1.82, 2.24) is 5.32 Å². The van der Waals surface area contributed by atoms with Crippen LogP contribution in [0.25, 0.3) is 0 Å². The van der Waals surface area contributed by atoms with Gasteiger partial charge in [0.1, 0.15) is 0 Å². The molecule has 1 N–H and O–H groups in total. The Hall–Kier alpha value is -0.643. The number of nitrogens with one attached hydrogen (secondary N) is 1. The molecule has 0 aromatic carbocycles. The third-order valence-electron chi connectivity index (χ3n) is 3.63. The Labute approximate surface area is 131 Å². The number of aldehydes is 1. The van der Waals surface area contributed by atoms with Gasteiger partial charge in [0, 0.05) is 0 Å². The summed E-state index contributed by atoms with van der Waals surface area (Å²) in [5.74, 6) is 2.01. The van der Waals surface area contributed by atoms with E-state index >= 15 is 0 Å². The maximum atomic E-state index is 11.7. The molecule has 6 heteroatoms. The topological polar surface area (TPSA) is 55.4 Å². The third kappa shape index (κ3) is 5.04. The molecule has 4 nitrogen and oxygen atoms in total. The second kappa shape index (κ2) is 6.88. The summed E-state index contributed by atoms with van der Waals surface area (Å²) >= 11 is 3.14. The fourth-order valence-corrected chi connectivity index (χ4v) is 2.18. The number of carbonyl (C=O) groups excluding carboxylic acids is 2. The highest BCUT2D eigenvalue weighted by molar-refractivity contribution is 9.10. The molecule has 0 fully saturated rings. The van der Waals surface area contributed by atoms with Crippen molar-refractivity contribution < 1.29 is 14.0 Å². The van der Waals surface area contributed by atoms with Gasteiger partial charge in [0.05, 0.1) is 11.4 Å². The van der Waals surface area contributed by atoms with E-state index in [9.17, 15) is 9.59 Å². The molecule has 0 rings (SSSR count). The largest absolute Gasteiger partial charge is 0.413 e. The molecule has 0 saturated heterocycles. The molecule has 1 unspecified atom stereocenters. The van der Waals surface area contributed by atoms with E-state index in [0.29, 0.717) is 6.29 Å². The Morgan fingerprint density at radius 3 is 2.30 bits per heavy atom. The molecular weight excluding hydrogens is 338 g/mol. The molecule has 114 valence electrons. The van der Waals surface area contributed by atoms with Gasteiger partial charge in [0.25, 0.3) is 0 Å². The highest BCUT2D eigenvalue weighted by Gasteiger charge is 2.40. The Morgan fingerprint density at radius 1 is 1.50 bits per heavy atom. The van der Waals surface area contributed by atoms with Crippen LogP contribution in [0.4, 0.5) is 0 Å². The highest BCUT2D eigenvalue weighted by atomic mass is 79.9. The molecule has 0 saturated carbocycles. The molecular formula is C14H24BrNO3Si. The number of rotatable bonds is 6. The van der Waals surface area contributed by atoms with Gasteiger partial charge in [-0.1, -0.05) is 42.6 Å². The molecule has 0 aliphatic heterocycles. The molecule has 2 atom stereocenters. The van der Waals surface area contributed by atoms with E-state index in [1.165, 1.54) is 0 Å². The van der Waals surface area contributed by atoms with Crippen molar-refractivity contribution >= 4 is 36.4 Å². The van der Waals surface area contributed by atoms with Crippen molar-refractivity contribution in [2.24, 2.45) is 0 Å². The monoisotopic (exact) mass is 361 g/mol. The Morgan fingerprint density at radius 2 is 2.00 bits per heavy atom. The van der Waals surface area contributed by atoms with Crippen LogP contribution in [0.15, 0.2) is 0 Å². The Bertz CT molecular complexity index is 410. The summed E-state index contributed by atoms with van der Waals surface area (Å²) in [4.78, 5) is 22.7. The number of carbonyl (C=O) groups is 2. The van der Waals surface area contributed by atoms with Crippen molar-refractivity contribution in [2.75, 3.05) is 6.61 Å². The lowest BCUT2D eigenvalue weighted by Gasteiger charge is -2.38. The quantitative estimate of drug-likeness (QED) is 0.342. The van der Waals surface area contributed by atoms with Crippen molar-refractivity contribution in [3.05, 3.63) is 0 Å². The van der Waals surface area contributed by atoms with Crippen LogP contribution >= 0.6 is 15.9 Å². The van der Waals surface area contributed by atoms with Crippen LogP contribution in [0.2, 0.25) is 18.1 Å². The van der Waals surface area contributed by atoms with Crippen molar-refractivity contribution in [3.8, 4) is 12.3 Å². The fraction of sp³-hybridized carbons (Fsp3) is 0.714. The maximum absolute atomic E-state index is 11.7. The minimum absolute atomic E-state index is 0.00292. The third-order valence-corrected chi connectivity index (χ3v) is 8.53. The first-order valence-corrected chi connectivity index (χ1v) is 10.3. The summed E-state index contributed by atoms with van der Waals surface area (Å²) in [6, 6.07) is 0. The van der Waals surface area contributed by atoms with Crippen LogP contribution in [-0.2, 0) is 14.0 Å². The van der Waals surface area contributed by atoms with E-state index in [2.05, 4.69) is 61.0 Å². The van der Waals surface area contributed by atoms with Gasteiger partial charge in [0.15, 0.2) is 20.1 Å². The van der Waals surface area contributed by atoms with Crippen molar-refractivity contribution in [1.29, 1.82) is 0 Å². The van der Waals surface area contributed by atoms with Gasteiger partial charge in [-0.25, -0.2) is 0 Å². The Kier molecular flexibility index (Phi) is 6.66. The van der Waals surface area contributed by atoms with Crippen LogP contribution in [0.3, 0.4) is 0 Å². The summed E-state index contributed by atoms with van der Waals surface area (Å²) in [6.45, 7) is 12.1. The summed E-state index contributed by atoms with van der Waals surface area (Å²) in [5, 5.41) is 2.56. The van der Waals surface area contributed by atoms with Crippen LogP contribution in [0.5, 0.6) is 0 Å². The average molecular weight is 362 g/mol. The molecule has 0 aromatic heterocycles. The molecule has 0 spiro atoms. The number of terminal acetylenes is 1. The maximum Gasteiger partial charge on any atom is 0.235 e. The van der Waals surface area contributed by atoms with E-state index in [-0.39, 0.29) is 17.6 Å². The molecule has 0 aliphatic carbocycles. The van der Waals surface area contributed by atoms with Gasteiger partial charge in [-0.2, -0.15) is 0 Å². The zero-order valence-electron chi connectivity index (χ0n) is 13.0. The van der Waals surface area contributed by atoms with Crippen LogP contribution in [0.1, 0.15) is 27.7 Å². The van der Waals surface area contributed by atoms with E-state index in [1.54, 1.807) is 6.92 Å². The van der Waals surface area contributed by atoms with Crippen LogP contribution in [0, 0.1) is 12.3 Å². The van der Waals surface area contributed by atoms with Crippen molar-refractivity contribution in [2.45, 2.75) is 56.2 Å². The smallest absolute Gasteiger partial charge is 0.235 e. The molecule has 0 aromatic rings. The highest BCUT2D eigenvalue weighted by Crippen LogP contribution is 2.36. The summed E-state index contributed by atoms with van der Waals surface area (Å²) in [7, 11) is -2.04. The molecule has 20 heavy (non-hydrogen) atoms. The van der Waals surface area contributed by atoms with Gasteiger partial charge in [-0.15, -0.1) is 6.42 Å².